The van der Waals surface area contributed by atoms with Gasteiger partial charge in [0.2, 0.25) is 11.8 Å². The molecule has 42 heavy (non-hydrogen) atoms. The Labute approximate surface area is 262 Å². The highest BCUT2D eigenvalue weighted by Gasteiger charge is 2.35. The lowest BCUT2D eigenvalue weighted by Crippen LogP contribution is -2.53. The van der Waals surface area contributed by atoms with Gasteiger partial charge in [-0.25, -0.2) is 8.42 Å². The molecule has 8 nitrogen and oxygen atoms in total. The molecule has 0 heterocycles. The van der Waals surface area contributed by atoms with Gasteiger partial charge in [0.25, 0.3) is 10.0 Å². The molecule has 0 saturated heterocycles. The summed E-state index contributed by atoms with van der Waals surface area (Å²) in [6.07, 6.45) is 0.273. The van der Waals surface area contributed by atoms with Gasteiger partial charge in [0, 0.05) is 27.7 Å². The van der Waals surface area contributed by atoms with Crippen molar-refractivity contribution in [2.75, 3.05) is 17.5 Å². The van der Waals surface area contributed by atoms with Crippen LogP contribution in [0.3, 0.4) is 0 Å². The third kappa shape index (κ3) is 8.31. The van der Waals surface area contributed by atoms with E-state index in [0.717, 1.165) is 4.31 Å². The van der Waals surface area contributed by atoms with E-state index in [2.05, 4.69) is 5.32 Å². The molecule has 3 rings (SSSR count). The van der Waals surface area contributed by atoms with Gasteiger partial charge in [-0.3, -0.25) is 13.9 Å². The summed E-state index contributed by atoms with van der Waals surface area (Å²) in [5.41, 5.74) is 0.721. The Hall–Kier alpha value is -2.98. The second-order valence-corrected chi connectivity index (χ2v) is 12.9. The van der Waals surface area contributed by atoms with Crippen molar-refractivity contribution in [3.8, 4) is 5.75 Å². The predicted octanol–water partition coefficient (Wildman–Crippen LogP) is 6.57. The maximum atomic E-state index is 14.2. The molecule has 3 aromatic carbocycles. The minimum atomic E-state index is -4.30. The number of carbonyl (C=O) groups excluding carboxylic acids is 2. The van der Waals surface area contributed by atoms with Gasteiger partial charge in [-0.15, -0.1) is 0 Å². The highest BCUT2D eigenvalue weighted by Crippen LogP contribution is 2.33. The van der Waals surface area contributed by atoms with E-state index in [9.17, 15) is 18.0 Å². The number of nitrogens with one attached hydrogen (secondary N) is 1. The van der Waals surface area contributed by atoms with Gasteiger partial charge >= 0.3 is 0 Å². The van der Waals surface area contributed by atoms with Crippen LogP contribution in [-0.2, 0) is 26.2 Å². The maximum absolute atomic E-state index is 14.2. The van der Waals surface area contributed by atoms with Gasteiger partial charge in [0.05, 0.1) is 17.2 Å². The molecule has 0 aliphatic heterocycles. The van der Waals surface area contributed by atoms with E-state index >= 15 is 0 Å². The molecule has 0 saturated carbocycles. The van der Waals surface area contributed by atoms with E-state index in [0.29, 0.717) is 20.6 Å². The van der Waals surface area contributed by atoms with Crippen LogP contribution in [0.5, 0.6) is 5.75 Å². The number of ether oxygens (including phenoxy) is 1. The fraction of sp³-hybridized carbons (Fsp3) is 0.333. The van der Waals surface area contributed by atoms with Gasteiger partial charge in [0.15, 0.2) is 0 Å². The number of sulfonamides is 1. The monoisotopic (exact) mass is 653 g/mol. The Bertz CT molecular complexity index is 1500. The first-order valence-corrected chi connectivity index (χ1v) is 16.0. The van der Waals surface area contributed by atoms with Crippen LogP contribution < -0.4 is 14.4 Å². The van der Waals surface area contributed by atoms with Crippen molar-refractivity contribution in [3.63, 3.8) is 0 Å². The number of carbonyl (C=O) groups is 2. The first kappa shape index (κ1) is 33.5. The first-order chi connectivity index (χ1) is 19.9. The van der Waals surface area contributed by atoms with Crippen molar-refractivity contribution in [2.24, 2.45) is 0 Å². The summed E-state index contributed by atoms with van der Waals surface area (Å²) >= 11 is 18.6. The Morgan fingerprint density at radius 2 is 1.57 bits per heavy atom. The number of benzene rings is 3. The number of para-hydroxylation sites is 2. The number of hydrogen-bond acceptors (Lipinski definition) is 5. The Balaban J connectivity index is 2.14. The second kappa shape index (κ2) is 15.0. The van der Waals surface area contributed by atoms with Gasteiger partial charge in [0.1, 0.15) is 18.3 Å². The van der Waals surface area contributed by atoms with E-state index in [-0.39, 0.29) is 47.9 Å². The zero-order valence-corrected chi connectivity index (χ0v) is 26.9. The van der Waals surface area contributed by atoms with E-state index in [1.807, 2.05) is 13.8 Å². The molecule has 0 spiro atoms. The second-order valence-electron chi connectivity index (χ2n) is 9.71. The highest BCUT2D eigenvalue weighted by molar-refractivity contribution is 7.92. The van der Waals surface area contributed by atoms with Gasteiger partial charge in [-0.1, -0.05) is 59.9 Å². The van der Waals surface area contributed by atoms with E-state index in [4.69, 9.17) is 39.5 Å². The Morgan fingerprint density at radius 1 is 0.929 bits per heavy atom. The first-order valence-electron chi connectivity index (χ1n) is 13.4. The van der Waals surface area contributed by atoms with Crippen molar-refractivity contribution in [3.05, 3.63) is 87.4 Å². The van der Waals surface area contributed by atoms with E-state index in [1.54, 1.807) is 56.3 Å². The van der Waals surface area contributed by atoms with Crippen LogP contribution in [0.4, 0.5) is 5.69 Å². The standard InChI is InChI=1S/C30H34Cl3N3O5S/c1-5-26(30(38)34-20(3)4)35(18-21-11-12-23(32)17-25(21)33)29(37)19-36(27-9-7-8-10-28(27)41-6-2)42(39,40)24-15-13-22(31)14-16-24/h7-17,20,26H,5-6,18-19H2,1-4H3,(H,34,38)/t26-/m1/s1. The molecule has 1 atom stereocenters. The fourth-order valence-electron chi connectivity index (χ4n) is 4.32. The molecule has 0 fully saturated rings. The number of hydrogen-bond donors (Lipinski definition) is 1. The van der Waals surface area contributed by atoms with Gasteiger partial charge in [-0.05, 0) is 81.3 Å². The molecule has 0 aromatic heterocycles. The summed E-state index contributed by atoms with van der Waals surface area (Å²) in [6, 6.07) is 16.0. The molecular formula is C30H34Cl3N3O5S. The summed E-state index contributed by atoms with van der Waals surface area (Å²) in [5, 5.41) is 3.95. The van der Waals surface area contributed by atoms with Crippen molar-refractivity contribution in [2.45, 2.75) is 57.6 Å². The van der Waals surface area contributed by atoms with E-state index < -0.39 is 28.5 Å². The summed E-state index contributed by atoms with van der Waals surface area (Å²) < 4.78 is 34.9. The summed E-state index contributed by atoms with van der Waals surface area (Å²) in [6.45, 7) is 6.79. The number of halogens is 3. The van der Waals surface area contributed by atoms with Crippen molar-refractivity contribution < 1.29 is 22.7 Å². The number of anilines is 1. The lowest BCUT2D eigenvalue weighted by Gasteiger charge is -2.34. The topological polar surface area (TPSA) is 96.0 Å². The van der Waals surface area contributed by atoms with Crippen LogP contribution in [0.1, 0.15) is 39.7 Å². The quantitative estimate of drug-likeness (QED) is 0.225. The minimum Gasteiger partial charge on any atom is -0.492 e. The van der Waals surface area contributed by atoms with E-state index in [1.165, 1.54) is 29.2 Å². The zero-order valence-electron chi connectivity index (χ0n) is 23.8. The van der Waals surface area contributed by atoms with Crippen LogP contribution in [0.2, 0.25) is 15.1 Å². The van der Waals surface area contributed by atoms with Crippen LogP contribution in [-0.4, -0.2) is 50.4 Å². The molecule has 226 valence electrons. The molecule has 0 bridgehead atoms. The summed E-state index contributed by atoms with van der Waals surface area (Å²) in [7, 11) is -4.30. The molecule has 3 aromatic rings. The number of nitrogens with zero attached hydrogens (tertiary/aromatic N) is 2. The molecule has 0 unspecified atom stereocenters. The molecule has 2 amide bonds. The summed E-state index contributed by atoms with van der Waals surface area (Å²) in [4.78, 5) is 28.8. The molecule has 0 aliphatic rings. The average molecular weight is 655 g/mol. The summed E-state index contributed by atoms with van der Waals surface area (Å²) in [5.74, 6) is -0.703. The lowest BCUT2D eigenvalue weighted by molar-refractivity contribution is -0.140. The van der Waals surface area contributed by atoms with Gasteiger partial charge < -0.3 is 15.0 Å². The van der Waals surface area contributed by atoms with Gasteiger partial charge in [-0.2, -0.15) is 0 Å². The molecule has 12 heteroatoms. The minimum absolute atomic E-state index is 0.0548. The van der Waals surface area contributed by atoms with Crippen LogP contribution in [0.15, 0.2) is 71.6 Å². The Morgan fingerprint density at radius 3 is 2.17 bits per heavy atom. The zero-order chi connectivity index (χ0) is 31.0. The molecule has 1 N–H and O–H groups in total. The lowest BCUT2D eigenvalue weighted by atomic mass is 10.1. The molecule has 0 aliphatic carbocycles. The predicted molar refractivity (Wildman–Crippen MR) is 168 cm³/mol. The van der Waals surface area contributed by atoms with Crippen LogP contribution in [0, 0.1) is 0 Å². The number of rotatable bonds is 13. The third-order valence-electron chi connectivity index (χ3n) is 6.29. The average Bonchev–Trinajstić information content (AvgIpc) is 2.93. The maximum Gasteiger partial charge on any atom is 0.264 e. The molecular weight excluding hydrogens is 621 g/mol. The van der Waals surface area contributed by atoms with Crippen molar-refractivity contribution in [1.82, 2.24) is 10.2 Å². The fourth-order valence-corrected chi connectivity index (χ4v) is 6.34. The number of amides is 2. The van der Waals surface area contributed by atoms with Crippen molar-refractivity contribution in [1.29, 1.82) is 0 Å². The molecule has 0 radical (unpaired) electrons. The third-order valence-corrected chi connectivity index (χ3v) is 8.90. The van der Waals surface area contributed by atoms with Crippen LogP contribution >= 0.6 is 34.8 Å². The van der Waals surface area contributed by atoms with Crippen molar-refractivity contribution >= 4 is 62.3 Å². The normalized spacial score (nSPS) is 12.1. The smallest absolute Gasteiger partial charge is 0.264 e. The highest BCUT2D eigenvalue weighted by atomic mass is 35.5. The SMILES string of the molecule is CCOc1ccccc1N(CC(=O)N(Cc1ccc(Cl)cc1Cl)[C@H](CC)C(=O)NC(C)C)S(=O)(=O)c1ccc(Cl)cc1. The largest absolute Gasteiger partial charge is 0.492 e. The Kier molecular flexibility index (Phi) is 11.9. The van der Waals surface area contributed by atoms with Crippen LogP contribution in [0.25, 0.3) is 0 Å².